The van der Waals surface area contributed by atoms with Gasteiger partial charge in [0.15, 0.2) is 0 Å². The number of aryl methyl sites for hydroxylation is 1. The van der Waals surface area contributed by atoms with Gasteiger partial charge in [-0.15, -0.1) is 6.07 Å². The fraction of sp³-hybridized carbons (Fsp3) is 0.500. The van der Waals surface area contributed by atoms with Crippen molar-refractivity contribution < 1.29 is 117 Å². The summed E-state index contributed by atoms with van der Waals surface area (Å²) in [4.78, 5) is 14.4. The average Bonchev–Trinajstić information content (AvgIpc) is 2.66. The van der Waals surface area contributed by atoms with E-state index in [4.69, 9.17) is 0 Å². The Hall–Kier alpha value is 2.12. The van der Waals surface area contributed by atoms with Crippen molar-refractivity contribution in [2.24, 2.45) is 0 Å². The van der Waals surface area contributed by atoms with E-state index in [0.717, 1.165) is 55.5 Å². The van der Waals surface area contributed by atoms with Crippen LogP contribution in [0.25, 0.3) is 5.32 Å². The van der Waals surface area contributed by atoms with E-state index < -0.39 is 0 Å². The summed E-state index contributed by atoms with van der Waals surface area (Å²) in [6.45, 7) is 11.6. The summed E-state index contributed by atoms with van der Waals surface area (Å²) in [6.07, 6.45) is 3.89. The monoisotopic (exact) mass is 645 g/mol. The van der Waals surface area contributed by atoms with Gasteiger partial charge in [-0.3, -0.25) is 4.79 Å². The maximum absolute atomic E-state index is 12.5. The maximum atomic E-state index is 12.5. The smallest absolute Gasteiger partial charge is 0.665 e. The van der Waals surface area contributed by atoms with Gasteiger partial charge in [-0.2, -0.15) is 44.6 Å². The molecule has 0 spiro atoms. The molecule has 2 rings (SSSR count). The number of rotatable bonds is 5. The van der Waals surface area contributed by atoms with E-state index in [1.165, 1.54) is 0 Å². The largest absolute Gasteiger partial charge is 1.00 e. The van der Waals surface area contributed by atoms with Crippen LogP contribution in [0, 0.1) is 13.5 Å². The van der Waals surface area contributed by atoms with E-state index in [0.29, 0.717) is 0 Å². The molecule has 1 aliphatic heterocycles. The number of benzene rings is 1. The number of hydrogen-bond acceptors (Lipinski definition) is 1. The van der Waals surface area contributed by atoms with Crippen LogP contribution >= 0.6 is 0 Å². The summed E-state index contributed by atoms with van der Waals surface area (Å²) in [6, 6.07) is 5.93. The number of hydrogen-bond donors (Lipinski definition) is 0. The van der Waals surface area contributed by atoms with Gasteiger partial charge >= 0.3 is 58.2 Å². The van der Waals surface area contributed by atoms with E-state index in [9.17, 15) is 4.79 Å². The molecule has 1 amide bonds. The fourth-order valence-electron chi connectivity index (χ4n) is 2.41. The Kier molecular flexibility index (Phi) is 23.7. The molecule has 3 nitrogen and oxygen atoms in total. The van der Waals surface area contributed by atoms with Crippen LogP contribution in [0.3, 0.4) is 0 Å². The minimum Gasteiger partial charge on any atom is -0.665 e. The Bertz CT molecular complexity index is 461. The Morgan fingerprint density at radius 2 is 2.00 bits per heavy atom. The van der Waals surface area contributed by atoms with Gasteiger partial charge in [0, 0.05) is 53.8 Å². The molecule has 0 atom stereocenters. The summed E-state index contributed by atoms with van der Waals surface area (Å²) in [5.41, 5.74) is 2.87. The number of nitrogens with zero attached hydrogens (tertiary/aromatic N) is 2. The summed E-state index contributed by atoms with van der Waals surface area (Å²) >= 11 is 0. The van der Waals surface area contributed by atoms with Crippen LogP contribution in [0.4, 0.5) is 0 Å². The first kappa shape index (κ1) is 30.8. The van der Waals surface area contributed by atoms with Crippen molar-refractivity contribution in [3.05, 3.63) is 53.7 Å². The van der Waals surface area contributed by atoms with E-state index in [-0.39, 0.29) is 118 Å². The third kappa shape index (κ3) is 10.5. The fourth-order valence-corrected chi connectivity index (χ4v) is 2.41. The second kappa shape index (κ2) is 18.5. The summed E-state index contributed by atoms with van der Waals surface area (Å²) in [5, 5.41) is 4.07. The van der Waals surface area contributed by atoms with Gasteiger partial charge in [0.1, 0.15) is 0 Å². The zero-order valence-electron chi connectivity index (χ0n) is 15.5. The molecule has 1 heterocycles. The van der Waals surface area contributed by atoms with E-state index in [1.54, 1.807) is 0 Å². The topological polar surface area (TPSA) is 34.4 Å². The Morgan fingerprint density at radius 3 is 2.62 bits per heavy atom. The van der Waals surface area contributed by atoms with Crippen molar-refractivity contribution in [2.45, 2.75) is 39.5 Å². The molecule has 1 radical (unpaired) electrons. The molecule has 0 bridgehead atoms. The van der Waals surface area contributed by atoms with Crippen LogP contribution in [0.2, 0.25) is 0 Å². The molecule has 0 aromatic heterocycles. The second-order valence-corrected chi connectivity index (χ2v) is 4.96. The quantitative estimate of drug-likeness (QED) is 0.351. The zero-order chi connectivity index (χ0) is 15.7. The predicted molar refractivity (Wildman–Crippen MR) is 89.3 cm³/mol. The van der Waals surface area contributed by atoms with Gasteiger partial charge in [-0.25, -0.2) is 6.54 Å². The molecule has 0 unspecified atom stereocenters. The zero-order valence-corrected chi connectivity index (χ0v) is 26.2. The Morgan fingerprint density at radius 1 is 1.33 bits per heavy atom. The minimum absolute atomic E-state index is 0. The van der Waals surface area contributed by atoms with E-state index in [2.05, 4.69) is 12.2 Å². The third-order valence-corrected chi connectivity index (χ3v) is 3.45. The van der Waals surface area contributed by atoms with E-state index in [1.807, 2.05) is 50.5 Å². The van der Waals surface area contributed by atoms with Crippen molar-refractivity contribution in [1.82, 2.24) is 4.90 Å². The molecule has 0 saturated heterocycles. The van der Waals surface area contributed by atoms with Gasteiger partial charge in [-0.1, -0.05) is 25.8 Å². The summed E-state index contributed by atoms with van der Waals surface area (Å²) in [7, 11) is 1.82. The standard InChI is InChI=1S/C16H21N2O.C2H6.Rb.W.Y/c1-13-7-8-14-6-5-11-18(10-4-3-9-17-2)16(19)15(14)12-13;1-2;;;/h7-8,10,12H,1,3-6,9,11H2,2H3;1-2H3;;;/q-3;;+1;;. The SMILES string of the molecule is CC.[CH2-]c1ccc2c(c1)C(=O)N([CH-]CCC[N-]C)CCC2.[Rb+].[W].[Y]. The van der Waals surface area contributed by atoms with Crippen LogP contribution in [-0.4, -0.2) is 30.9 Å². The van der Waals surface area contributed by atoms with Crippen molar-refractivity contribution in [3.8, 4) is 0 Å². The number of unbranched alkanes of at least 4 members (excludes halogenated alkanes) is 1. The molecular weight excluding hydrogens is 618 g/mol. The first-order valence-corrected chi connectivity index (χ1v) is 7.87. The molecule has 1 aromatic carbocycles. The number of fused-ring (bicyclic) bond motifs is 1. The molecule has 0 N–H and O–H groups in total. The normalized spacial score (nSPS) is 12.3. The second-order valence-electron chi connectivity index (χ2n) is 4.96. The number of carbonyl (C=O) groups excluding carboxylic acids is 1. The molecule has 1 aliphatic rings. The van der Waals surface area contributed by atoms with Crippen molar-refractivity contribution in [2.75, 3.05) is 20.1 Å². The number of carbonyl (C=O) groups is 1. The third-order valence-electron chi connectivity index (χ3n) is 3.45. The van der Waals surface area contributed by atoms with Gasteiger partial charge in [0.2, 0.25) is 5.91 Å². The molecule has 1 aromatic rings. The van der Waals surface area contributed by atoms with Gasteiger partial charge in [-0.05, 0) is 24.9 Å². The maximum Gasteiger partial charge on any atom is 1.00 e. The molecule has 6 heteroatoms. The van der Waals surface area contributed by atoms with E-state index >= 15 is 0 Å². The molecular formula is C18H27N2ORbWY-2. The van der Waals surface area contributed by atoms with Gasteiger partial charge in [0.25, 0.3) is 0 Å². The molecule has 0 fully saturated rings. The molecule has 24 heavy (non-hydrogen) atoms. The van der Waals surface area contributed by atoms with Crippen LogP contribution in [0.5, 0.6) is 0 Å². The van der Waals surface area contributed by atoms with Crippen molar-refractivity contribution in [3.63, 3.8) is 0 Å². The van der Waals surface area contributed by atoms with Crippen molar-refractivity contribution >= 4 is 5.91 Å². The predicted octanol–water partition coefficient (Wildman–Crippen LogP) is 1.23. The molecule has 0 saturated carbocycles. The molecule has 0 aliphatic carbocycles. The van der Waals surface area contributed by atoms with Gasteiger partial charge < -0.3 is 10.2 Å². The Balaban J connectivity index is -0.000000850. The van der Waals surface area contributed by atoms with Crippen LogP contribution in [0.1, 0.15) is 54.6 Å². The average molecular weight is 646 g/mol. The number of amides is 1. The van der Waals surface area contributed by atoms with Crippen LogP contribution < -0.4 is 58.2 Å². The van der Waals surface area contributed by atoms with Crippen molar-refractivity contribution in [1.29, 1.82) is 0 Å². The first-order chi connectivity index (χ1) is 10.2. The van der Waals surface area contributed by atoms with Gasteiger partial charge in [0.05, 0.1) is 0 Å². The minimum atomic E-state index is 0. The Labute approximate surface area is 236 Å². The van der Waals surface area contributed by atoms with Crippen LogP contribution in [0.15, 0.2) is 18.2 Å². The molecule has 127 valence electrons. The first-order valence-electron chi connectivity index (χ1n) is 7.87. The summed E-state index contributed by atoms with van der Waals surface area (Å²) < 4.78 is 0. The summed E-state index contributed by atoms with van der Waals surface area (Å²) in [5.74, 6) is 0.117. The van der Waals surface area contributed by atoms with Crippen LogP contribution in [-0.2, 0) is 60.2 Å².